The van der Waals surface area contributed by atoms with Crippen molar-refractivity contribution < 1.29 is 14.7 Å². The van der Waals surface area contributed by atoms with Crippen LogP contribution in [0.25, 0.3) is 5.69 Å². The minimum atomic E-state index is -0.501. The first-order valence-corrected chi connectivity index (χ1v) is 8.99. The van der Waals surface area contributed by atoms with Crippen molar-refractivity contribution in [2.45, 2.75) is 26.7 Å². The van der Waals surface area contributed by atoms with Crippen molar-refractivity contribution in [3.8, 4) is 5.69 Å². The number of hydrogen-bond acceptors (Lipinski definition) is 4. The number of benzene rings is 1. The molecule has 1 aliphatic carbocycles. The molecule has 0 saturated carbocycles. The number of aliphatic hydroxyl groups is 1. The van der Waals surface area contributed by atoms with Crippen LogP contribution < -0.4 is 5.56 Å². The zero-order valence-electron chi connectivity index (χ0n) is 15.9. The molecule has 1 aromatic heterocycles. The number of likely N-dealkylation sites (N-methyl/N-ethyl adjacent to an activating group) is 1. The van der Waals surface area contributed by atoms with Crippen LogP contribution in [-0.4, -0.2) is 46.5 Å². The molecule has 0 atom stereocenters. The van der Waals surface area contributed by atoms with E-state index in [4.69, 9.17) is 5.11 Å². The molecule has 1 aliphatic rings. The Kier molecular flexibility index (Phi) is 5.02. The summed E-state index contributed by atoms with van der Waals surface area (Å²) in [4.78, 5) is 40.1. The molecule has 0 fully saturated rings. The van der Waals surface area contributed by atoms with E-state index >= 15 is 0 Å². The van der Waals surface area contributed by atoms with Gasteiger partial charge in [0.1, 0.15) is 5.56 Å². The highest BCUT2D eigenvalue weighted by molar-refractivity contribution is 6.02. The number of amides is 1. The van der Waals surface area contributed by atoms with E-state index in [2.05, 4.69) is 0 Å². The van der Waals surface area contributed by atoms with Crippen LogP contribution in [0, 0.1) is 5.41 Å². The molecule has 0 spiro atoms. The summed E-state index contributed by atoms with van der Waals surface area (Å²) in [5.41, 5.74) is 0.949. The topological polar surface area (TPSA) is 79.6 Å². The predicted octanol–water partition coefficient (Wildman–Crippen LogP) is 2.06. The van der Waals surface area contributed by atoms with Gasteiger partial charge >= 0.3 is 0 Å². The molecule has 1 N–H and O–H groups in total. The van der Waals surface area contributed by atoms with Crippen LogP contribution in [0.2, 0.25) is 0 Å². The molecule has 1 amide bonds. The van der Waals surface area contributed by atoms with Crippen LogP contribution in [0.5, 0.6) is 0 Å². The fraction of sp³-hybridized carbons (Fsp3) is 0.381. The van der Waals surface area contributed by atoms with Gasteiger partial charge < -0.3 is 10.0 Å². The van der Waals surface area contributed by atoms with E-state index in [1.165, 1.54) is 22.6 Å². The zero-order valence-corrected chi connectivity index (χ0v) is 15.9. The normalized spacial score (nSPS) is 15.3. The Balaban J connectivity index is 2.29. The standard InChI is InChI=1S/C21H24N2O4/c1-21(2)12-17-15(18(25)13-21)11-16(19(26)22(3)9-10-24)20(27)23(17)14-7-5-4-6-8-14/h4-8,11,24H,9-10,12-13H2,1-3H3. The summed E-state index contributed by atoms with van der Waals surface area (Å²) in [6.07, 6.45) is 0.937. The summed E-state index contributed by atoms with van der Waals surface area (Å²) in [5.74, 6) is -0.566. The molecule has 0 aliphatic heterocycles. The molecule has 1 aromatic carbocycles. The summed E-state index contributed by atoms with van der Waals surface area (Å²) in [6, 6.07) is 10.5. The summed E-state index contributed by atoms with van der Waals surface area (Å²) in [6.45, 7) is 3.92. The average Bonchev–Trinajstić information content (AvgIpc) is 2.61. The lowest BCUT2D eigenvalue weighted by atomic mass is 9.75. The Morgan fingerprint density at radius 3 is 2.48 bits per heavy atom. The molecule has 2 aromatic rings. The summed E-state index contributed by atoms with van der Waals surface area (Å²) in [7, 11) is 1.52. The largest absolute Gasteiger partial charge is 0.395 e. The minimum absolute atomic E-state index is 0.0541. The second-order valence-corrected chi connectivity index (χ2v) is 7.79. The molecule has 27 heavy (non-hydrogen) atoms. The fourth-order valence-corrected chi connectivity index (χ4v) is 3.57. The maximum atomic E-state index is 13.3. The van der Waals surface area contributed by atoms with Crippen LogP contribution >= 0.6 is 0 Å². The Morgan fingerprint density at radius 2 is 1.85 bits per heavy atom. The Labute approximate surface area is 158 Å². The average molecular weight is 368 g/mol. The predicted molar refractivity (Wildman–Crippen MR) is 103 cm³/mol. The number of fused-ring (bicyclic) bond motifs is 1. The minimum Gasteiger partial charge on any atom is -0.395 e. The number of carbonyl (C=O) groups excluding carboxylic acids is 2. The van der Waals surface area contributed by atoms with Crippen molar-refractivity contribution in [3.05, 3.63) is 63.6 Å². The molecule has 142 valence electrons. The fourth-order valence-electron chi connectivity index (χ4n) is 3.57. The second-order valence-electron chi connectivity index (χ2n) is 7.79. The van der Waals surface area contributed by atoms with Crippen molar-refractivity contribution >= 4 is 11.7 Å². The first kappa shape index (κ1) is 19.0. The van der Waals surface area contributed by atoms with Gasteiger partial charge in [-0.1, -0.05) is 32.0 Å². The Bertz CT molecular complexity index is 945. The van der Waals surface area contributed by atoms with E-state index in [9.17, 15) is 14.4 Å². The molecule has 6 heteroatoms. The highest BCUT2D eigenvalue weighted by Crippen LogP contribution is 2.35. The van der Waals surface area contributed by atoms with Crippen LogP contribution in [0.15, 0.2) is 41.2 Å². The lowest BCUT2D eigenvalue weighted by Crippen LogP contribution is -2.39. The molecule has 1 heterocycles. The molecule has 0 bridgehead atoms. The van der Waals surface area contributed by atoms with Crippen molar-refractivity contribution in [2.24, 2.45) is 5.41 Å². The number of hydrogen-bond donors (Lipinski definition) is 1. The van der Waals surface area contributed by atoms with Gasteiger partial charge in [-0.05, 0) is 30.0 Å². The Hall–Kier alpha value is -2.73. The van der Waals surface area contributed by atoms with Gasteiger partial charge in [0.15, 0.2) is 5.78 Å². The van der Waals surface area contributed by atoms with Crippen LogP contribution in [0.1, 0.15) is 46.7 Å². The van der Waals surface area contributed by atoms with Crippen LogP contribution in [0.4, 0.5) is 0 Å². The van der Waals surface area contributed by atoms with Gasteiger partial charge in [-0.15, -0.1) is 0 Å². The van der Waals surface area contributed by atoms with Gasteiger partial charge in [0, 0.05) is 37.0 Å². The molecule has 0 unspecified atom stereocenters. The molecule has 3 rings (SSSR count). The third-order valence-electron chi connectivity index (χ3n) is 4.92. The van der Waals surface area contributed by atoms with Crippen molar-refractivity contribution in [1.82, 2.24) is 9.47 Å². The maximum absolute atomic E-state index is 13.3. The number of para-hydroxylation sites is 1. The van der Waals surface area contributed by atoms with Gasteiger partial charge in [0.25, 0.3) is 11.5 Å². The first-order chi connectivity index (χ1) is 12.7. The second kappa shape index (κ2) is 7.12. The molecular weight excluding hydrogens is 344 g/mol. The van der Waals surface area contributed by atoms with E-state index in [0.717, 1.165) is 0 Å². The number of pyridine rings is 1. The van der Waals surface area contributed by atoms with Gasteiger partial charge in [-0.2, -0.15) is 0 Å². The SMILES string of the molecule is CN(CCO)C(=O)c1cc2c(n(-c3ccccc3)c1=O)CC(C)(C)CC2=O. The number of ketones is 1. The van der Waals surface area contributed by atoms with Crippen molar-refractivity contribution in [2.75, 3.05) is 20.2 Å². The zero-order chi connectivity index (χ0) is 19.8. The van der Waals surface area contributed by atoms with E-state index in [-0.39, 0.29) is 29.9 Å². The highest BCUT2D eigenvalue weighted by Gasteiger charge is 2.35. The van der Waals surface area contributed by atoms with Crippen molar-refractivity contribution in [3.63, 3.8) is 0 Å². The maximum Gasteiger partial charge on any atom is 0.268 e. The summed E-state index contributed by atoms with van der Waals surface area (Å²) < 4.78 is 1.49. The summed E-state index contributed by atoms with van der Waals surface area (Å²) >= 11 is 0. The van der Waals surface area contributed by atoms with Gasteiger partial charge in [-0.25, -0.2) is 0 Å². The monoisotopic (exact) mass is 368 g/mol. The molecule has 6 nitrogen and oxygen atoms in total. The number of carbonyl (C=O) groups is 2. The number of aromatic nitrogens is 1. The summed E-state index contributed by atoms with van der Waals surface area (Å²) in [5, 5.41) is 9.09. The first-order valence-electron chi connectivity index (χ1n) is 8.99. The third-order valence-corrected chi connectivity index (χ3v) is 4.92. The number of Topliss-reactive ketones (excluding diaryl/α,β-unsaturated/α-hetero) is 1. The number of aliphatic hydroxyl groups excluding tert-OH is 1. The quantitative estimate of drug-likeness (QED) is 0.896. The van der Waals surface area contributed by atoms with Crippen LogP contribution in [-0.2, 0) is 6.42 Å². The van der Waals surface area contributed by atoms with Gasteiger partial charge in [0.05, 0.1) is 6.61 Å². The van der Waals surface area contributed by atoms with E-state index < -0.39 is 11.5 Å². The Morgan fingerprint density at radius 1 is 1.19 bits per heavy atom. The number of rotatable bonds is 4. The molecule has 0 radical (unpaired) electrons. The van der Waals surface area contributed by atoms with Gasteiger partial charge in [-0.3, -0.25) is 19.0 Å². The lowest BCUT2D eigenvalue weighted by Gasteiger charge is -2.32. The van der Waals surface area contributed by atoms with Crippen LogP contribution in [0.3, 0.4) is 0 Å². The van der Waals surface area contributed by atoms with E-state index in [1.807, 2.05) is 32.0 Å². The van der Waals surface area contributed by atoms with Gasteiger partial charge in [0.2, 0.25) is 0 Å². The van der Waals surface area contributed by atoms with E-state index in [1.54, 1.807) is 12.1 Å². The molecular formula is C21H24N2O4. The number of nitrogens with zero attached hydrogens (tertiary/aromatic N) is 2. The molecule has 0 saturated heterocycles. The smallest absolute Gasteiger partial charge is 0.268 e. The lowest BCUT2D eigenvalue weighted by molar-refractivity contribution is 0.0764. The highest BCUT2D eigenvalue weighted by atomic mass is 16.3. The van der Waals surface area contributed by atoms with Crippen molar-refractivity contribution in [1.29, 1.82) is 0 Å². The third kappa shape index (κ3) is 3.57. The van der Waals surface area contributed by atoms with E-state index in [0.29, 0.717) is 29.8 Å².